The number of H-pyrrole nitrogens is 1. The highest BCUT2D eigenvalue weighted by molar-refractivity contribution is 6.28. The summed E-state index contributed by atoms with van der Waals surface area (Å²) in [5.74, 6) is 0.646. The summed E-state index contributed by atoms with van der Waals surface area (Å²) in [5.41, 5.74) is 6.08. The van der Waals surface area contributed by atoms with Crippen LogP contribution in [-0.2, 0) is 0 Å². The Morgan fingerprint density at radius 3 is 2.92 bits per heavy atom. The van der Waals surface area contributed by atoms with Crippen molar-refractivity contribution in [2.24, 2.45) is 0 Å². The van der Waals surface area contributed by atoms with Crippen LogP contribution in [0.4, 0.5) is 5.82 Å². The molecule has 2 rings (SSSR count). The summed E-state index contributed by atoms with van der Waals surface area (Å²) in [6.45, 7) is 0. The fraction of sp³-hybridized carbons (Fsp3) is 0. The number of tetrazole rings is 1. The third-order valence-corrected chi connectivity index (χ3v) is 1.57. The van der Waals surface area contributed by atoms with Crippen LogP contribution in [0.5, 0.6) is 0 Å². The summed E-state index contributed by atoms with van der Waals surface area (Å²) in [5, 5.41) is 13.1. The number of hydrogen-bond donors (Lipinski definition) is 2. The van der Waals surface area contributed by atoms with Crippen LogP contribution < -0.4 is 5.73 Å². The van der Waals surface area contributed by atoms with E-state index in [1.807, 2.05) is 0 Å². The first kappa shape index (κ1) is 7.87. The van der Waals surface area contributed by atoms with Crippen molar-refractivity contribution in [1.29, 1.82) is 0 Å². The van der Waals surface area contributed by atoms with E-state index >= 15 is 0 Å². The fourth-order valence-electron chi connectivity index (χ4n) is 0.828. The van der Waals surface area contributed by atoms with E-state index in [1.165, 1.54) is 6.20 Å². The quantitative estimate of drug-likeness (QED) is 0.618. The minimum absolute atomic E-state index is 0.0914. The average Bonchev–Trinajstić information content (AvgIpc) is 2.56. The lowest BCUT2D eigenvalue weighted by atomic mass is 10.3. The third-order valence-electron chi connectivity index (χ3n) is 1.39. The number of nitrogens with two attached hydrogens (primary N) is 1. The lowest BCUT2D eigenvalue weighted by molar-refractivity contribution is 0.881. The number of anilines is 1. The molecule has 0 aliphatic rings. The average molecular weight is 198 g/mol. The number of rotatable bonds is 1. The Balaban J connectivity index is 2.53. The SMILES string of the molecule is Nc1nc(Cl)ncc1-c1nnn[nH]1. The standard InChI is InChI=1S/C5H4ClN7/c6-5-8-1-2(3(7)9-5)4-10-12-13-11-4/h1H,(H2,7,8,9)(H,10,11,12,13). The van der Waals surface area contributed by atoms with Crippen molar-refractivity contribution in [3.63, 3.8) is 0 Å². The van der Waals surface area contributed by atoms with E-state index in [1.54, 1.807) is 0 Å². The molecule has 13 heavy (non-hydrogen) atoms. The molecule has 0 aliphatic carbocycles. The van der Waals surface area contributed by atoms with Gasteiger partial charge >= 0.3 is 0 Å². The molecule has 0 amide bonds. The Morgan fingerprint density at radius 2 is 2.31 bits per heavy atom. The van der Waals surface area contributed by atoms with Crippen molar-refractivity contribution in [3.8, 4) is 11.4 Å². The van der Waals surface area contributed by atoms with Gasteiger partial charge in [-0.2, -0.15) is 0 Å². The van der Waals surface area contributed by atoms with Crippen LogP contribution in [0.3, 0.4) is 0 Å². The zero-order chi connectivity index (χ0) is 9.26. The lowest BCUT2D eigenvalue weighted by Crippen LogP contribution is -1.97. The van der Waals surface area contributed by atoms with Crippen molar-refractivity contribution in [2.75, 3.05) is 5.73 Å². The summed E-state index contributed by atoms with van der Waals surface area (Å²) < 4.78 is 0. The predicted molar refractivity (Wildman–Crippen MR) is 44.6 cm³/mol. The number of aromatic nitrogens is 6. The third kappa shape index (κ3) is 1.41. The normalized spacial score (nSPS) is 10.2. The molecule has 2 aromatic heterocycles. The molecule has 0 radical (unpaired) electrons. The molecule has 66 valence electrons. The van der Waals surface area contributed by atoms with Crippen LogP contribution in [0.15, 0.2) is 6.20 Å². The fourth-order valence-corrected chi connectivity index (χ4v) is 0.968. The van der Waals surface area contributed by atoms with E-state index in [-0.39, 0.29) is 11.1 Å². The minimum Gasteiger partial charge on any atom is -0.383 e. The highest BCUT2D eigenvalue weighted by atomic mass is 35.5. The second-order valence-electron chi connectivity index (χ2n) is 2.19. The second kappa shape index (κ2) is 2.94. The maximum Gasteiger partial charge on any atom is 0.224 e. The van der Waals surface area contributed by atoms with E-state index < -0.39 is 0 Å². The Bertz CT molecular complexity index is 411. The predicted octanol–water partition coefficient (Wildman–Crippen LogP) is -0.108. The van der Waals surface area contributed by atoms with Crippen molar-refractivity contribution >= 4 is 17.4 Å². The van der Waals surface area contributed by atoms with E-state index in [2.05, 4.69) is 30.6 Å². The van der Waals surface area contributed by atoms with Crippen molar-refractivity contribution in [3.05, 3.63) is 11.5 Å². The van der Waals surface area contributed by atoms with Gasteiger partial charge in [0.05, 0.1) is 5.56 Å². The first-order valence-corrected chi connectivity index (χ1v) is 3.67. The molecule has 0 atom stereocenters. The van der Waals surface area contributed by atoms with Gasteiger partial charge in [0.15, 0.2) is 5.82 Å². The molecule has 2 aromatic rings. The Labute approximate surface area is 77.3 Å². The molecular formula is C5H4ClN7. The van der Waals surface area contributed by atoms with E-state index in [0.717, 1.165) is 0 Å². The van der Waals surface area contributed by atoms with Gasteiger partial charge < -0.3 is 5.73 Å². The molecule has 8 heteroatoms. The van der Waals surface area contributed by atoms with Gasteiger partial charge in [-0.3, -0.25) is 0 Å². The molecule has 3 N–H and O–H groups in total. The summed E-state index contributed by atoms with van der Waals surface area (Å²) in [6.07, 6.45) is 1.45. The van der Waals surface area contributed by atoms with Gasteiger partial charge in [-0.25, -0.2) is 15.1 Å². The molecule has 7 nitrogen and oxygen atoms in total. The Hall–Kier alpha value is -1.76. The molecular weight excluding hydrogens is 194 g/mol. The zero-order valence-corrected chi connectivity index (χ0v) is 7.02. The van der Waals surface area contributed by atoms with Gasteiger partial charge in [-0.05, 0) is 22.0 Å². The maximum absolute atomic E-state index is 5.56. The van der Waals surface area contributed by atoms with Gasteiger partial charge in [-0.15, -0.1) is 5.10 Å². The largest absolute Gasteiger partial charge is 0.383 e. The van der Waals surface area contributed by atoms with Crippen LogP contribution in [0, 0.1) is 0 Å². The number of hydrogen-bond acceptors (Lipinski definition) is 6. The summed E-state index contributed by atoms with van der Waals surface area (Å²) in [7, 11) is 0. The molecule has 0 unspecified atom stereocenters. The van der Waals surface area contributed by atoms with Gasteiger partial charge in [0.1, 0.15) is 5.82 Å². The molecule has 0 saturated heterocycles. The molecule has 0 spiro atoms. The second-order valence-corrected chi connectivity index (χ2v) is 2.53. The topological polar surface area (TPSA) is 106 Å². The van der Waals surface area contributed by atoms with Crippen molar-refractivity contribution < 1.29 is 0 Å². The highest BCUT2D eigenvalue weighted by Crippen LogP contribution is 2.19. The van der Waals surface area contributed by atoms with E-state index in [9.17, 15) is 0 Å². The smallest absolute Gasteiger partial charge is 0.224 e. The molecule has 0 fully saturated rings. The monoisotopic (exact) mass is 197 g/mol. The lowest BCUT2D eigenvalue weighted by Gasteiger charge is -1.98. The van der Waals surface area contributed by atoms with Crippen molar-refractivity contribution in [2.45, 2.75) is 0 Å². The van der Waals surface area contributed by atoms with Gasteiger partial charge in [0.2, 0.25) is 5.28 Å². The maximum atomic E-state index is 5.56. The highest BCUT2D eigenvalue weighted by Gasteiger charge is 2.08. The van der Waals surface area contributed by atoms with Gasteiger partial charge in [0.25, 0.3) is 0 Å². The summed E-state index contributed by atoms with van der Waals surface area (Å²) >= 11 is 5.51. The van der Waals surface area contributed by atoms with Gasteiger partial charge in [-0.1, -0.05) is 0 Å². The Morgan fingerprint density at radius 1 is 1.46 bits per heavy atom. The number of nitrogens with zero attached hydrogens (tertiary/aromatic N) is 5. The first-order chi connectivity index (χ1) is 6.27. The molecule has 0 saturated carbocycles. The molecule has 2 heterocycles. The number of nitrogen functional groups attached to an aromatic ring is 1. The first-order valence-electron chi connectivity index (χ1n) is 3.29. The summed E-state index contributed by atoms with van der Waals surface area (Å²) in [6, 6.07) is 0. The number of nitrogens with one attached hydrogen (secondary N) is 1. The van der Waals surface area contributed by atoms with E-state index in [0.29, 0.717) is 11.4 Å². The van der Waals surface area contributed by atoms with Crippen LogP contribution in [0.25, 0.3) is 11.4 Å². The number of aromatic amines is 1. The minimum atomic E-state index is 0.0914. The van der Waals surface area contributed by atoms with Crippen LogP contribution in [-0.4, -0.2) is 30.6 Å². The molecule has 0 aliphatic heterocycles. The number of halogens is 1. The summed E-state index contributed by atoms with van der Waals surface area (Å²) in [4.78, 5) is 7.50. The van der Waals surface area contributed by atoms with Crippen molar-refractivity contribution in [1.82, 2.24) is 30.6 Å². The van der Waals surface area contributed by atoms with Gasteiger partial charge in [0, 0.05) is 6.20 Å². The Kier molecular flexibility index (Phi) is 1.78. The van der Waals surface area contributed by atoms with Crippen LogP contribution in [0.2, 0.25) is 5.28 Å². The zero-order valence-electron chi connectivity index (χ0n) is 6.27. The van der Waals surface area contributed by atoms with Crippen LogP contribution >= 0.6 is 11.6 Å². The van der Waals surface area contributed by atoms with Crippen LogP contribution in [0.1, 0.15) is 0 Å². The molecule has 0 aromatic carbocycles. The molecule has 0 bridgehead atoms. The van der Waals surface area contributed by atoms with E-state index in [4.69, 9.17) is 17.3 Å².